The molecule has 0 amide bonds. The van der Waals surface area contributed by atoms with Crippen molar-refractivity contribution in [1.29, 1.82) is 0 Å². The Morgan fingerprint density at radius 2 is 0.909 bits per heavy atom. The first-order valence-electron chi connectivity index (χ1n) is 3.45. The van der Waals surface area contributed by atoms with Crippen molar-refractivity contribution in [3.63, 3.8) is 0 Å². The minimum atomic E-state index is -1.71. The van der Waals surface area contributed by atoms with E-state index in [2.05, 4.69) is 14.0 Å². The van der Waals surface area contributed by atoms with Crippen molar-refractivity contribution >= 4 is 18.3 Å². The molecule has 0 unspecified atom stereocenters. The molecule has 3 nitrogen and oxygen atoms in total. The molecule has 5 heteroatoms. The summed E-state index contributed by atoms with van der Waals surface area (Å²) >= 11 is 6.43. The van der Waals surface area contributed by atoms with Crippen LogP contribution in [-0.2, 0) is 0 Å². The Morgan fingerprint density at radius 3 is 0.909 bits per heavy atom. The van der Waals surface area contributed by atoms with E-state index in [1.54, 1.807) is 0 Å². The van der Waals surface area contributed by atoms with Crippen LogP contribution in [0.15, 0.2) is 0 Å². The minimum absolute atomic E-state index is 1.71. The van der Waals surface area contributed by atoms with Gasteiger partial charge >= 0.3 is 7.07 Å². The fraction of sp³-hybridized carbons (Fsp3) is 1.00. The average molecular weight is 199 g/mol. The maximum atomic E-state index is 6.43. The van der Waals surface area contributed by atoms with Gasteiger partial charge in [-0.3, -0.25) is 0 Å². The molecule has 0 saturated carbocycles. The van der Waals surface area contributed by atoms with E-state index in [1.165, 1.54) is 0 Å². The standard InChI is InChI=1S/C6H18ClN3P/c1-8(2)11(7,9(3)4)10(5)6/h1-6H3/q+1. The third-order valence-corrected chi connectivity index (χ3v) is 7.30. The zero-order chi connectivity index (χ0) is 9.23. The molecular formula is C6H18ClN3P+. The van der Waals surface area contributed by atoms with Crippen molar-refractivity contribution in [2.45, 2.75) is 0 Å². The third kappa shape index (κ3) is 2.27. The van der Waals surface area contributed by atoms with Crippen LogP contribution in [0.25, 0.3) is 0 Å². The van der Waals surface area contributed by atoms with Gasteiger partial charge in [-0.1, -0.05) is 0 Å². The first-order chi connectivity index (χ1) is 4.83. The van der Waals surface area contributed by atoms with Crippen LogP contribution < -0.4 is 0 Å². The maximum absolute atomic E-state index is 6.43. The molecule has 0 aliphatic heterocycles. The predicted octanol–water partition coefficient (Wildman–Crippen LogP) is 1.59. The second-order valence-electron chi connectivity index (χ2n) is 3.04. The summed E-state index contributed by atoms with van der Waals surface area (Å²) in [5.74, 6) is 0. The molecule has 0 aliphatic carbocycles. The molecule has 0 bridgehead atoms. The molecule has 0 aromatic heterocycles. The van der Waals surface area contributed by atoms with Crippen molar-refractivity contribution in [2.75, 3.05) is 42.3 Å². The second-order valence-corrected chi connectivity index (χ2v) is 7.79. The summed E-state index contributed by atoms with van der Waals surface area (Å²) in [6.45, 7) is 0. The van der Waals surface area contributed by atoms with Crippen molar-refractivity contribution < 1.29 is 0 Å². The second kappa shape index (κ2) is 4.01. The third-order valence-electron chi connectivity index (χ3n) is 1.53. The highest BCUT2D eigenvalue weighted by atomic mass is 35.7. The van der Waals surface area contributed by atoms with Gasteiger partial charge < -0.3 is 0 Å². The molecular weight excluding hydrogens is 181 g/mol. The van der Waals surface area contributed by atoms with Gasteiger partial charge in [-0.25, -0.2) is 0 Å². The molecule has 0 aromatic carbocycles. The topological polar surface area (TPSA) is 9.72 Å². The highest BCUT2D eigenvalue weighted by Crippen LogP contribution is 2.68. The minimum Gasteiger partial charge on any atom is -0.140 e. The average Bonchev–Trinajstić information content (AvgIpc) is 1.84. The highest BCUT2D eigenvalue weighted by molar-refractivity contribution is 7.93. The van der Waals surface area contributed by atoms with E-state index in [0.717, 1.165) is 0 Å². The summed E-state index contributed by atoms with van der Waals surface area (Å²) in [6, 6.07) is 0. The van der Waals surface area contributed by atoms with E-state index < -0.39 is 7.07 Å². The number of hydrogen-bond donors (Lipinski definition) is 0. The molecule has 0 aliphatic rings. The number of nitrogens with zero attached hydrogens (tertiary/aromatic N) is 3. The SMILES string of the molecule is CN(C)[P+](Cl)(N(C)C)N(C)C. The lowest BCUT2D eigenvalue weighted by Crippen LogP contribution is -2.32. The van der Waals surface area contributed by atoms with Crippen molar-refractivity contribution in [3.8, 4) is 0 Å². The van der Waals surface area contributed by atoms with Crippen LogP contribution in [0.1, 0.15) is 0 Å². The van der Waals surface area contributed by atoms with Gasteiger partial charge in [-0.2, -0.15) is 0 Å². The van der Waals surface area contributed by atoms with Gasteiger partial charge in [0.15, 0.2) is 11.2 Å². The molecule has 0 spiro atoms. The fourth-order valence-corrected chi connectivity index (χ4v) is 3.22. The van der Waals surface area contributed by atoms with Crippen LogP contribution in [0, 0.1) is 0 Å². The quantitative estimate of drug-likeness (QED) is 0.638. The van der Waals surface area contributed by atoms with E-state index >= 15 is 0 Å². The van der Waals surface area contributed by atoms with Crippen molar-refractivity contribution in [1.82, 2.24) is 14.0 Å². The number of rotatable bonds is 3. The summed E-state index contributed by atoms with van der Waals surface area (Å²) < 4.78 is 6.19. The van der Waals surface area contributed by atoms with Gasteiger partial charge in [0.2, 0.25) is 0 Å². The highest BCUT2D eigenvalue weighted by Gasteiger charge is 2.46. The molecule has 0 rings (SSSR count). The molecule has 0 saturated heterocycles. The van der Waals surface area contributed by atoms with Crippen LogP contribution in [-0.4, -0.2) is 56.3 Å². The Morgan fingerprint density at radius 1 is 0.727 bits per heavy atom. The van der Waals surface area contributed by atoms with Crippen LogP contribution in [0.3, 0.4) is 0 Å². The summed E-state index contributed by atoms with van der Waals surface area (Å²) in [6.07, 6.45) is 0. The molecule has 0 radical (unpaired) electrons. The van der Waals surface area contributed by atoms with Crippen molar-refractivity contribution in [3.05, 3.63) is 0 Å². The van der Waals surface area contributed by atoms with E-state index in [-0.39, 0.29) is 0 Å². The Kier molecular flexibility index (Phi) is 4.23. The maximum Gasteiger partial charge on any atom is 0.330 e. The number of halogens is 1. The van der Waals surface area contributed by atoms with Crippen LogP contribution in [0.2, 0.25) is 0 Å². The lowest BCUT2D eigenvalue weighted by Gasteiger charge is -2.32. The van der Waals surface area contributed by atoms with Gasteiger partial charge in [0.25, 0.3) is 0 Å². The summed E-state index contributed by atoms with van der Waals surface area (Å²) in [5.41, 5.74) is 0. The summed E-state index contributed by atoms with van der Waals surface area (Å²) in [4.78, 5) is 0. The van der Waals surface area contributed by atoms with Gasteiger partial charge in [0.05, 0.1) is 0 Å². The van der Waals surface area contributed by atoms with Crippen LogP contribution >= 0.6 is 18.3 Å². The lowest BCUT2D eigenvalue weighted by molar-refractivity contribution is 0.480. The largest absolute Gasteiger partial charge is 0.330 e. The van der Waals surface area contributed by atoms with Gasteiger partial charge in [0.1, 0.15) is 0 Å². The zero-order valence-corrected chi connectivity index (χ0v) is 9.82. The molecule has 0 fully saturated rings. The Hall–Kier alpha value is 0.600. The van der Waals surface area contributed by atoms with E-state index in [9.17, 15) is 0 Å². The van der Waals surface area contributed by atoms with Gasteiger partial charge in [-0.15, -0.1) is 14.0 Å². The van der Waals surface area contributed by atoms with E-state index in [4.69, 9.17) is 11.2 Å². The predicted molar refractivity (Wildman–Crippen MR) is 53.8 cm³/mol. The van der Waals surface area contributed by atoms with Gasteiger partial charge in [0, 0.05) is 42.3 Å². The zero-order valence-electron chi connectivity index (χ0n) is 8.17. The number of hydrogen-bond acceptors (Lipinski definition) is 3. The first-order valence-corrected chi connectivity index (χ1v) is 6.00. The molecule has 11 heavy (non-hydrogen) atoms. The Labute approximate surface area is 75.2 Å². The molecule has 0 aromatic rings. The molecule has 0 atom stereocenters. The normalized spacial score (nSPS) is 13.6. The molecule has 0 heterocycles. The van der Waals surface area contributed by atoms with Crippen LogP contribution in [0.4, 0.5) is 0 Å². The van der Waals surface area contributed by atoms with Gasteiger partial charge in [-0.05, 0) is 0 Å². The summed E-state index contributed by atoms with van der Waals surface area (Å²) in [5, 5.41) is 0. The van der Waals surface area contributed by atoms with Crippen molar-refractivity contribution in [2.24, 2.45) is 0 Å². The first kappa shape index (κ1) is 11.6. The fourth-order valence-electron chi connectivity index (χ4n) is 1.07. The molecule has 0 N–H and O–H groups in total. The summed E-state index contributed by atoms with van der Waals surface area (Å²) in [7, 11) is 10.3. The molecule has 68 valence electrons. The Balaban J connectivity index is 4.53. The monoisotopic (exact) mass is 198 g/mol. The smallest absolute Gasteiger partial charge is 0.140 e. The van der Waals surface area contributed by atoms with E-state index in [0.29, 0.717) is 0 Å². The van der Waals surface area contributed by atoms with Crippen LogP contribution in [0.5, 0.6) is 0 Å². The lowest BCUT2D eigenvalue weighted by atomic mass is 11.2. The van der Waals surface area contributed by atoms with E-state index in [1.807, 2.05) is 42.3 Å². The Bertz CT molecular complexity index is 105.